The topological polar surface area (TPSA) is 78.8 Å². The van der Waals surface area contributed by atoms with Crippen LogP contribution in [0.3, 0.4) is 0 Å². The summed E-state index contributed by atoms with van der Waals surface area (Å²) in [6.07, 6.45) is -0.243. The SMILES string of the molecule is CC[C@H](O)[C@H]1CC[C@@H]([C@@H](O)CNC(=O)C(Cl)(Cl)Cl)O1. The summed E-state index contributed by atoms with van der Waals surface area (Å²) in [5.41, 5.74) is 0. The van der Waals surface area contributed by atoms with Crippen LogP contribution in [0.2, 0.25) is 0 Å². The first kappa shape index (κ1) is 17.3. The summed E-state index contributed by atoms with van der Waals surface area (Å²) >= 11 is 16.1. The first-order chi connectivity index (χ1) is 8.75. The van der Waals surface area contributed by atoms with Gasteiger partial charge in [-0.05, 0) is 19.3 Å². The van der Waals surface area contributed by atoms with Crippen LogP contribution < -0.4 is 5.32 Å². The van der Waals surface area contributed by atoms with E-state index in [-0.39, 0.29) is 12.6 Å². The van der Waals surface area contributed by atoms with E-state index in [4.69, 9.17) is 39.5 Å². The molecule has 4 atom stereocenters. The molecule has 112 valence electrons. The Labute approximate surface area is 127 Å². The van der Waals surface area contributed by atoms with Crippen LogP contribution in [0.25, 0.3) is 0 Å². The normalized spacial score (nSPS) is 27.1. The Morgan fingerprint density at radius 3 is 2.32 bits per heavy atom. The molecular formula is C11H18Cl3NO4. The van der Waals surface area contributed by atoms with E-state index in [1.54, 1.807) is 0 Å². The summed E-state index contributed by atoms with van der Waals surface area (Å²) in [7, 11) is 0. The molecule has 5 nitrogen and oxygen atoms in total. The van der Waals surface area contributed by atoms with Crippen LogP contribution in [-0.2, 0) is 9.53 Å². The predicted molar refractivity (Wildman–Crippen MR) is 73.5 cm³/mol. The lowest BCUT2D eigenvalue weighted by atomic mass is 10.1. The second-order valence-corrected chi connectivity index (χ2v) is 6.82. The van der Waals surface area contributed by atoms with Gasteiger partial charge in [0.1, 0.15) is 0 Å². The van der Waals surface area contributed by atoms with Crippen LogP contribution in [0, 0.1) is 0 Å². The molecule has 1 rings (SSSR count). The number of carbonyl (C=O) groups is 1. The molecule has 0 aliphatic carbocycles. The molecule has 1 saturated heterocycles. The third kappa shape index (κ3) is 5.25. The molecule has 1 aliphatic heterocycles. The highest BCUT2D eigenvalue weighted by Crippen LogP contribution is 2.27. The zero-order valence-corrected chi connectivity index (χ0v) is 12.8. The van der Waals surface area contributed by atoms with Crippen molar-refractivity contribution in [2.75, 3.05) is 6.54 Å². The third-order valence-electron chi connectivity index (χ3n) is 3.09. The molecule has 0 bridgehead atoms. The van der Waals surface area contributed by atoms with Gasteiger partial charge in [0.15, 0.2) is 0 Å². The number of rotatable bonds is 5. The van der Waals surface area contributed by atoms with Gasteiger partial charge in [0.2, 0.25) is 0 Å². The number of alkyl halides is 3. The van der Waals surface area contributed by atoms with E-state index < -0.39 is 28.0 Å². The van der Waals surface area contributed by atoms with Crippen molar-refractivity contribution in [1.82, 2.24) is 5.32 Å². The Balaban J connectivity index is 2.36. The molecule has 0 spiro atoms. The molecule has 19 heavy (non-hydrogen) atoms. The lowest BCUT2D eigenvalue weighted by Gasteiger charge is -2.22. The maximum atomic E-state index is 11.3. The smallest absolute Gasteiger partial charge is 0.272 e. The van der Waals surface area contributed by atoms with Crippen molar-refractivity contribution in [2.24, 2.45) is 0 Å². The van der Waals surface area contributed by atoms with E-state index in [9.17, 15) is 15.0 Å². The van der Waals surface area contributed by atoms with Gasteiger partial charge in [-0.25, -0.2) is 0 Å². The van der Waals surface area contributed by atoms with Gasteiger partial charge in [-0.15, -0.1) is 0 Å². The molecule has 1 aliphatic rings. The first-order valence-corrected chi connectivity index (χ1v) is 7.25. The van der Waals surface area contributed by atoms with Gasteiger partial charge in [-0.1, -0.05) is 41.7 Å². The average molecular weight is 335 g/mol. The van der Waals surface area contributed by atoms with Crippen LogP contribution in [0.5, 0.6) is 0 Å². The zero-order valence-electron chi connectivity index (χ0n) is 10.5. The lowest BCUT2D eigenvalue weighted by Crippen LogP contribution is -2.43. The number of amides is 1. The largest absolute Gasteiger partial charge is 0.390 e. The van der Waals surface area contributed by atoms with E-state index in [1.165, 1.54) is 0 Å². The minimum atomic E-state index is -2.04. The van der Waals surface area contributed by atoms with Gasteiger partial charge in [0, 0.05) is 6.54 Å². The Morgan fingerprint density at radius 2 is 1.84 bits per heavy atom. The van der Waals surface area contributed by atoms with E-state index in [0.717, 1.165) is 0 Å². The summed E-state index contributed by atoms with van der Waals surface area (Å²) in [5.74, 6) is -0.792. The summed E-state index contributed by atoms with van der Waals surface area (Å²) in [5, 5.41) is 21.9. The van der Waals surface area contributed by atoms with E-state index in [0.29, 0.717) is 19.3 Å². The van der Waals surface area contributed by atoms with Crippen LogP contribution in [0.1, 0.15) is 26.2 Å². The third-order valence-corrected chi connectivity index (χ3v) is 3.61. The summed E-state index contributed by atoms with van der Waals surface area (Å²) in [6, 6.07) is 0. The maximum Gasteiger partial charge on any atom is 0.272 e. The summed E-state index contributed by atoms with van der Waals surface area (Å²) in [6.45, 7) is 1.80. The Hall–Kier alpha value is 0.220. The highest BCUT2D eigenvalue weighted by molar-refractivity contribution is 6.76. The molecule has 0 aromatic rings. The number of aliphatic hydroxyl groups excluding tert-OH is 2. The van der Waals surface area contributed by atoms with Crippen molar-refractivity contribution in [3.63, 3.8) is 0 Å². The first-order valence-electron chi connectivity index (χ1n) is 6.12. The zero-order chi connectivity index (χ0) is 14.6. The monoisotopic (exact) mass is 333 g/mol. The molecule has 8 heteroatoms. The van der Waals surface area contributed by atoms with Crippen molar-refractivity contribution >= 4 is 40.7 Å². The molecule has 0 radical (unpaired) electrons. The van der Waals surface area contributed by atoms with Crippen molar-refractivity contribution in [1.29, 1.82) is 0 Å². The highest BCUT2D eigenvalue weighted by atomic mass is 35.6. The van der Waals surface area contributed by atoms with Gasteiger partial charge in [-0.3, -0.25) is 4.79 Å². The molecule has 1 amide bonds. The van der Waals surface area contributed by atoms with Crippen LogP contribution in [-0.4, -0.2) is 50.9 Å². The molecule has 0 unspecified atom stereocenters. The molecule has 1 heterocycles. The second kappa shape index (κ2) is 7.29. The molecule has 0 saturated carbocycles. The van der Waals surface area contributed by atoms with Crippen LogP contribution >= 0.6 is 34.8 Å². The minimum Gasteiger partial charge on any atom is -0.390 e. The van der Waals surface area contributed by atoms with E-state index in [1.807, 2.05) is 6.92 Å². The highest BCUT2D eigenvalue weighted by Gasteiger charge is 2.35. The summed E-state index contributed by atoms with van der Waals surface area (Å²) < 4.78 is 3.50. The van der Waals surface area contributed by atoms with Crippen molar-refractivity contribution in [3.05, 3.63) is 0 Å². The van der Waals surface area contributed by atoms with Gasteiger partial charge < -0.3 is 20.3 Å². The quantitative estimate of drug-likeness (QED) is 0.659. The molecule has 3 N–H and O–H groups in total. The van der Waals surface area contributed by atoms with Gasteiger partial charge >= 0.3 is 0 Å². The van der Waals surface area contributed by atoms with Crippen molar-refractivity contribution < 1.29 is 19.7 Å². The number of halogens is 3. The van der Waals surface area contributed by atoms with Crippen LogP contribution in [0.4, 0.5) is 0 Å². The summed E-state index contributed by atoms with van der Waals surface area (Å²) in [4.78, 5) is 11.3. The van der Waals surface area contributed by atoms with E-state index >= 15 is 0 Å². The Kier molecular flexibility index (Phi) is 6.63. The number of carbonyl (C=O) groups excluding carboxylic acids is 1. The standard InChI is InChI=1S/C11H18Cl3NO4/c1-2-6(16)8-3-4-9(19-8)7(17)5-15-10(18)11(12,13)14/h6-9,16-17H,2-5H2,1H3,(H,15,18)/t6-,7-,8+,9-/m0/s1. The number of aliphatic hydroxyl groups is 2. The van der Waals surface area contributed by atoms with E-state index in [2.05, 4.69) is 5.32 Å². The number of hydrogen-bond donors (Lipinski definition) is 3. The number of ether oxygens (including phenoxy) is 1. The second-order valence-electron chi connectivity index (χ2n) is 4.54. The number of nitrogens with one attached hydrogen (secondary N) is 1. The molecule has 1 fully saturated rings. The predicted octanol–water partition coefficient (Wildman–Crippen LogP) is 1.15. The molecule has 0 aromatic heterocycles. The van der Waals surface area contributed by atoms with Gasteiger partial charge in [-0.2, -0.15) is 0 Å². The van der Waals surface area contributed by atoms with Crippen molar-refractivity contribution in [3.8, 4) is 0 Å². The maximum absolute atomic E-state index is 11.3. The number of hydrogen-bond acceptors (Lipinski definition) is 4. The minimum absolute atomic E-state index is 0.0631. The lowest BCUT2D eigenvalue weighted by molar-refractivity contribution is -0.121. The fraction of sp³-hybridized carbons (Fsp3) is 0.909. The fourth-order valence-corrected chi connectivity index (χ4v) is 2.15. The van der Waals surface area contributed by atoms with Gasteiger partial charge in [0.25, 0.3) is 9.70 Å². The van der Waals surface area contributed by atoms with Crippen LogP contribution in [0.15, 0.2) is 0 Å². The average Bonchev–Trinajstić information content (AvgIpc) is 2.82. The Bertz CT molecular complexity index is 311. The molecule has 0 aromatic carbocycles. The fourth-order valence-electron chi connectivity index (χ4n) is 1.95. The Morgan fingerprint density at radius 1 is 1.32 bits per heavy atom. The van der Waals surface area contributed by atoms with Crippen molar-refractivity contribution in [2.45, 2.75) is 54.4 Å². The molecular weight excluding hydrogens is 316 g/mol. The van der Waals surface area contributed by atoms with Gasteiger partial charge in [0.05, 0.1) is 24.4 Å².